The van der Waals surface area contributed by atoms with Crippen LogP contribution in [0.1, 0.15) is 10.4 Å². The fourth-order valence-corrected chi connectivity index (χ4v) is 1.30. The molecule has 0 aliphatic carbocycles. The van der Waals surface area contributed by atoms with Gasteiger partial charge in [-0.2, -0.15) is 13.8 Å². The molecule has 2 heterocycles. The summed E-state index contributed by atoms with van der Waals surface area (Å²) in [5.41, 5.74) is -1.09. The van der Waals surface area contributed by atoms with Gasteiger partial charge in [-0.1, -0.05) is 0 Å². The van der Waals surface area contributed by atoms with Gasteiger partial charge in [-0.05, 0) is 24.3 Å². The Balaban J connectivity index is 2.27. The first-order valence-electron chi connectivity index (χ1n) is 4.89. The van der Waals surface area contributed by atoms with Crippen LogP contribution >= 0.6 is 0 Å². The van der Waals surface area contributed by atoms with Crippen LogP contribution in [0.5, 0.6) is 0 Å². The van der Waals surface area contributed by atoms with E-state index in [1.807, 2.05) is 0 Å². The van der Waals surface area contributed by atoms with Gasteiger partial charge in [-0.15, -0.1) is 0 Å². The van der Waals surface area contributed by atoms with Crippen LogP contribution in [0.3, 0.4) is 0 Å². The Hall–Kier alpha value is -2.57. The Labute approximate surface area is 99.5 Å². The number of carbonyl (C=O) groups is 1. The van der Waals surface area contributed by atoms with E-state index in [9.17, 15) is 18.4 Å². The number of nitrogens with one attached hydrogen (secondary N) is 2. The molecular weight excluding hydrogens is 244 g/mol. The van der Waals surface area contributed by atoms with Gasteiger partial charge in [0.1, 0.15) is 5.56 Å². The minimum absolute atomic E-state index is 0.179. The zero-order valence-corrected chi connectivity index (χ0v) is 8.91. The molecule has 2 rings (SSSR count). The highest BCUT2D eigenvalue weighted by Crippen LogP contribution is 2.12. The second-order valence-electron chi connectivity index (χ2n) is 3.34. The second-order valence-corrected chi connectivity index (χ2v) is 3.34. The Morgan fingerprint density at radius 3 is 2.72 bits per heavy atom. The lowest BCUT2D eigenvalue weighted by Gasteiger charge is -2.04. The first-order valence-corrected chi connectivity index (χ1v) is 4.89. The number of H-pyrrole nitrogens is 1. The number of nitrogens with zero attached hydrogens (tertiary/aromatic N) is 1. The van der Waals surface area contributed by atoms with Crippen molar-refractivity contribution in [3.05, 3.63) is 58.3 Å². The highest BCUT2D eigenvalue weighted by atomic mass is 19.1. The smallest absolute Gasteiger partial charge is 0.261 e. The van der Waals surface area contributed by atoms with Crippen molar-refractivity contribution in [3.63, 3.8) is 0 Å². The van der Waals surface area contributed by atoms with E-state index in [0.29, 0.717) is 0 Å². The fraction of sp³-hybridized carbons (Fsp3) is 0. The van der Waals surface area contributed by atoms with Gasteiger partial charge in [0.05, 0.1) is 5.69 Å². The minimum Gasteiger partial charge on any atom is -0.328 e. The lowest BCUT2D eigenvalue weighted by Crippen LogP contribution is -2.23. The molecule has 0 radical (unpaired) electrons. The Kier molecular flexibility index (Phi) is 3.13. The van der Waals surface area contributed by atoms with Crippen LogP contribution in [0, 0.1) is 11.9 Å². The summed E-state index contributed by atoms with van der Waals surface area (Å²) in [6.07, 6.45) is 1.36. The highest BCUT2D eigenvalue weighted by molar-refractivity contribution is 6.03. The molecule has 0 aliphatic rings. The third-order valence-electron chi connectivity index (χ3n) is 2.13. The maximum atomic E-state index is 13.2. The monoisotopic (exact) mass is 251 g/mol. The number of amides is 1. The normalized spacial score (nSPS) is 10.1. The van der Waals surface area contributed by atoms with Crippen LogP contribution in [0.2, 0.25) is 0 Å². The molecule has 2 N–H and O–H groups in total. The summed E-state index contributed by atoms with van der Waals surface area (Å²) in [5, 5.41) is 2.13. The summed E-state index contributed by atoms with van der Waals surface area (Å²) in [6, 6.07) is 4.65. The third-order valence-corrected chi connectivity index (χ3v) is 2.13. The molecule has 92 valence electrons. The Morgan fingerprint density at radius 2 is 2.06 bits per heavy atom. The molecule has 7 heteroatoms. The molecule has 0 aromatic carbocycles. The van der Waals surface area contributed by atoms with Crippen LogP contribution < -0.4 is 10.9 Å². The number of hydrogen-bond acceptors (Lipinski definition) is 3. The van der Waals surface area contributed by atoms with Crippen molar-refractivity contribution in [1.29, 1.82) is 0 Å². The zero-order chi connectivity index (χ0) is 13.1. The molecule has 0 unspecified atom stereocenters. The van der Waals surface area contributed by atoms with E-state index in [4.69, 9.17) is 0 Å². The molecule has 0 bridgehead atoms. The predicted octanol–water partition coefficient (Wildman–Crippen LogP) is 1.30. The van der Waals surface area contributed by atoms with E-state index in [0.717, 1.165) is 12.1 Å². The first kappa shape index (κ1) is 11.9. The van der Waals surface area contributed by atoms with E-state index in [1.165, 1.54) is 18.3 Å². The SMILES string of the molecule is O=C(Nc1ccc(F)nc1F)c1ccc[nH]c1=O. The van der Waals surface area contributed by atoms with Crippen LogP contribution in [0.4, 0.5) is 14.5 Å². The van der Waals surface area contributed by atoms with E-state index in [-0.39, 0.29) is 11.3 Å². The predicted molar refractivity (Wildman–Crippen MR) is 59.2 cm³/mol. The molecule has 0 aliphatic heterocycles. The molecule has 2 aromatic heterocycles. The van der Waals surface area contributed by atoms with Crippen molar-refractivity contribution in [2.45, 2.75) is 0 Å². The Morgan fingerprint density at radius 1 is 1.28 bits per heavy atom. The van der Waals surface area contributed by atoms with E-state index in [1.54, 1.807) is 0 Å². The van der Waals surface area contributed by atoms with Gasteiger partial charge < -0.3 is 10.3 Å². The number of rotatable bonds is 2. The fourth-order valence-electron chi connectivity index (χ4n) is 1.30. The molecule has 0 fully saturated rings. The zero-order valence-electron chi connectivity index (χ0n) is 8.91. The number of pyridine rings is 2. The van der Waals surface area contributed by atoms with Crippen molar-refractivity contribution in [3.8, 4) is 0 Å². The number of halogens is 2. The molecule has 0 saturated carbocycles. The van der Waals surface area contributed by atoms with Gasteiger partial charge in [0.15, 0.2) is 0 Å². The highest BCUT2D eigenvalue weighted by Gasteiger charge is 2.13. The maximum Gasteiger partial charge on any atom is 0.261 e. The Bertz CT molecular complexity index is 655. The average Bonchev–Trinajstić information content (AvgIpc) is 2.33. The third kappa shape index (κ3) is 2.40. The van der Waals surface area contributed by atoms with Crippen LogP contribution in [-0.4, -0.2) is 15.9 Å². The van der Waals surface area contributed by atoms with Crippen LogP contribution in [0.25, 0.3) is 0 Å². The first-order chi connectivity index (χ1) is 8.58. The van der Waals surface area contributed by atoms with Gasteiger partial charge in [0.2, 0.25) is 11.9 Å². The maximum absolute atomic E-state index is 13.2. The molecule has 0 spiro atoms. The summed E-state index contributed by atoms with van der Waals surface area (Å²) >= 11 is 0. The van der Waals surface area contributed by atoms with E-state index in [2.05, 4.69) is 15.3 Å². The number of aromatic amines is 1. The average molecular weight is 251 g/mol. The van der Waals surface area contributed by atoms with Crippen molar-refractivity contribution in [1.82, 2.24) is 9.97 Å². The summed E-state index contributed by atoms with van der Waals surface area (Å²) in [5.74, 6) is -2.96. The molecule has 0 atom stereocenters. The van der Waals surface area contributed by atoms with Gasteiger partial charge in [0.25, 0.3) is 11.5 Å². The van der Waals surface area contributed by atoms with E-state index >= 15 is 0 Å². The standard InChI is InChI=1S/C11H7F2N3O2/c12-8-4-3-7(9(13)16-8)15-11(18)6-2-1-5-14-10(6)17/h1-5H,(H,14,17)(H,15,18). The van der Waals surface area contributed by atoms with Crippen molar-refractivity contribution in [2.75, 3.05) is 5.32 Å². The second kappa shape index (κ2) is 4.74. The van der Waals surface area contributed by atoms with Crippen LogP contribution in [0.15, 0.2) is 35.3 Å². The number of anilines is 1. The number of carbonyl (C=O) groups excluding carboxylic acids is 1. The largest absolute Gasteiger partial charge is 0.328 e. The van der Waals surface area contributed by atoms with Crippen molar-refractivity contribution >= 4 is 11.6 Å². The topological polar surface area (TPSA) is 74.8 Å². The van der Waals surface area contributed by atoms with Crippen molar-refractivity contribution < 1.29 is 13.6 Å². The summed E-state index contributed by atoms with van der Waals surface area (Å²) in [7, 11) is 0. The summed E-state index contributed by atoms with van der Waals surface area (Å²) < 4.78 is 25.7. The lowest BCUT2D eigenvalue weighted by atomic mass is 10.2. The molecule has 18 heavy (non-hydrogen) atoms. The minimum atomic E-state index is -1.16. The van der Waals surface area contributed by atoms with Crippen molar-refractivity contribution in [2.24, 2.45) is 0 Å². The summed E-state index contributed by atoms with van der Waals surface area (Å²) in [4.78, 5) is 28.2. The van der Waals surface area contributed by atoms with Gasteiger partial charge in [0, 0.05) is 6.20 Å². The molecule has 0 saturated heterocycles. The molecule has 5 nitrogen and oxygen atoms in total. The molecule has 2 aromatic rings. The van der Waals surface area contributed by atoms with Crippen LogP contribution in [-0.2, 0) is 0 Å². The van der Waals surface area contributed by atoms with Gasteiger partial charge in [-0.25, -0.2) is 0 Å². The quantitative estimate of drug-likeness (QED) is 0.790. The van der Waals surface area contributed by atoms with Gasteiger partial charge in [-0.3, -0.25) is 9.59 Å². The molecule has 1 amide bonds. The number of aromatic nitrogens is 2. The summed E-state index contributed by atoms with van der Waals surface area (Å²) in [6.45, 7) is 0. The molecular formula is C11H7F2N3O2. The van der Waals surface area contributed by atoms with Gasteiger partial charge >= 0.3 is 0 Å². The lowest BCUT2D eigenvalue weighted by molar-refractivity contribution is 0.102. The number of hydrogen-bond donors (Lipinski definition) is 2. The van der Waals surface area contributed by atoms with E-state index < -0.39 is 23.4 Å².